The molecule has 23 heavy (non-hydrogen) atoms. The van der Waals surface area contributed by atoms with Crippen LogP contribution in [0.25, 0.3) is 0 Å². The number of nitrogens with one attached hydrogen (secondary N) is 1. The van der Waals surface area contributed by atoms with Gasteiger partial charge in [0.05, 0.1) is 16.3 Å². The number of hydrogen-bond donors (Lipinski definition) is 1. The predicted molar refractivity (Wildman–Crippen MR) is 81.3 cm³/mol. The molecule has 0 saturated carbocycles. The molecule has 2 aromatic rings. The molecule has 1 atom stereocenters. The molecule has 0 aromatic heterocycles. The van der Waals surface area contributed by atoms with Gasteiger partial charge < -0.3 is 10.1 Å². The number of carbonyl (C=O) groups is 2. The quantitative estimate of drug-likeness (QED) is 0.862. The molecule has 1 amide bonds. The Hall–Kier alpha value is -2.47. The molecule has 0 aliphatic heterocycles. The second-order valence-electron chi connectivity index (χ2n) is 4.67. The molecule has 0 spiro atoms. The second-order valence-corrected chi connectivity index (χ2v) is 5.08. The van der Waals surface area contributed by atoms with Crippen molar-refractivity contribution in [2.24, 2.45) is 0 Å². The third-order valence-electron chi connectivity index (χ3n) is 2.88. The van der Waals surface area contributed by atoms with Crippen molar-refractivity contribution in [2.75, 3.05) is 5.32 Å². The summed E-state index contributed by atoms with van der Waals surface area (Å²) in [7, 11) is 0. The van der Waals surface area contributed by atoms with E-state index in [1.54, 1.807) is 24.3 Å². The summed E-state index contributed by atoms with van der Waals surface area (Å²) in [5.41, 5.74) is 0.0405. The molecular weight excluding hydrogens is 328 g/mol. The molecule has 7 heteroatoms. The Balaban J connectivity index is 2.03. The highest BCUT2D eigenvalue weighted by Crippen LogP contribution is 2.21. The molecule has 120 valence electrons. The standard InChI is InChI=1S/C16H12ClF2NO3/c1-9(15(21)20-14-5-3-2-4-13(14)17)23-16(22)10-6-11(18)8-12(19)7-10/h2-9H,1H3,(H,20,21)/t9-/m1/s1. The number of halogens is 3. The van der Waals surface area contributed by atoms with Gasteiger partial charge in [-0.2, -0.15) is 0 Å². The van der Waals surface area contributed by atoms with Crippen LogP contribution in [0, 0.1) is 11.6 Å². The molecule has 0 aliphatic rings. The van der Waals surface area contributed by atoms with E-state index in [0.717, 1.165) is 12.1 Å². The van der Waals surface area contributed by atoms with Crippen molar-refractivity contribution in [1.29, 1.82) is 0 Å². The molecule has 2 aromatic carbocycles. The van der Waals surface area contributed by atoms with Gasteiger partial charge in [-0.1, -0.05) is 23.7 Å². The first-order valence-corrected chi connectivity index (χ1v) is 6.97. The fraction of sp³-hybridized carbons (Fsp3) is 0.125. The number of amides is 1. The van der Waals surface area contributed by atoms with Crippen LogP contribution in [0.2, 0.25) is 5.02 Å². The third kappa shape index (κ3) is 4.50. The Bertz CT molecular complexity index is 732. The SMILES string of the molecule is C[C@@H](OC(=O)c1cc(F)cc(F)c1)C(=O)Nc1ccccc1Cl. The van der Waals surface area contributed by atoms with E-state index in [9.17, 15) is 18.4 Å². The van der Waals surface area contributed by atoms with Crippen molar-refractivity contribution in [1.82, 2.24) is 0 Å². The first-order chi connectivity index (χ1) is 10.9. The normalized spacial score (nSPS) is 11.7. The fourth-order valence-corrected chi connectivity index (χ4v) is 1.93. The molecule has 4 nitrogen and oxygen atoms in total. The molecule has 2 rings (SSSR count). The average Bonchev–Trinajstić information content (AvgIpc) is 2.48. The van der Waals surface area contributed by atoms with Gasteiger partial charge in [-0.3, -0.25) is 4.79 Å². The van der Waals surface area contributed by atoms with E-state index in [1.165, 1.54) is 6.92 Å². The number of rotatable bonds is 4. The van der Waals surface area contributed by atoms with Crippen LogP contribution < -0.4 is 5.32 Å². The summed E-state index contributed by atoms with van der Waals surface area (Å²) in [5.74, 6) is -3.45. The number of anilines is 1. The maximum absolute atomic E-state index is 13.1. The van der Waals surface area contributed by atoms with Gasteiger partial charge in [0, 0.05) is 6.07 Å². The molecular formula is C16H12ClF2NO3. The van der Waals surface area contributed by atoms with E-state index in [0.29, 0.717) is 16.8 Å². The van der Waals surface area contributed by atoms with Crippen LogP contribution in [-0.2, 0) is 9.53 Å². The van der Waals surface area contributed by atoms with Gasteiger partial charge in [0.15, 0.2) is 6.10 Å². The van der Waals surface area contributed by atoms with E-state index in [-0.39, 0.29) is 5.56 Å². The van der Waals surface area contributed by atoms with E-state index < -0.39 is 29.6 Å². The van der Waals surface area contributed by atoms with Gasteiger partial charge in [-0.05, 0) is 31.2 Å². The molecule has 0 fully saturated rings. The van der Waals surface area contributed by atoms with Crippen molar-refractivity contribution in [3.8, 4) is 0 Å². The lowest BCUT2D eigenvalue weighted by atomic mass is 10.2. The van der Waals surface area contributed by atoms with Crippen LogP contribution in [-0.4, -0.2) is 18.0 Å². The van der Waals surface area contributed by atoms with Crippen LogP contribution in [0.15, 0.2) is 42.5 Å². The van der Waals surface area contributed by atoms with Crippen LogP contribution in [0.5, 0.6) is 0 Å². The summed E-state index contributed by atoms with van der Waals surface area (Å²) in [4.78, 5) is 23.8. The van der Waals surface area contributed by atoms with Gasteiger partial charge in [0.25, 0.3) is 5.91 Å². The van der Waals surface area contributed by atoms with Crippen molar-refractivity contribution >= 4 is 29.2 Å². The van der Waals surface area contributed by atoms with Gasteiger partial charge in [-0.25, -0.2) is 13.6 Å². The maximum atomic E-state index is 13.1. The van der Waals surface area contributed by atoms with E-state index in [2.05, 4.69) is 5.32 Å². The summed E-state index contributed by atoms with van der Waals surface area (Å²) in [6.07, 6.45) is -1.18. The van der Waals surface area contributed by atoms with Gasteiger partial charge >= 0.3 is 5.97 Å². The number of benzene rings is 2. The number of esters is 1. The zero-order chi connectivity index (χ0) is 17.0. The highest BCUT2D eigenvalue weighted by atomic mass is 35.5. The predicted octanol–water partition coefficient (Wildman–Crippen LogP) is 3.80. The largest absolute Gasteiger partial charge is 0.449 e. The molecule has 0 heterocycles. The summed E-state index contributed by atoms with van der Waals surface area (Å²) in [6.45, 7) is 1.33. The second kappa shape index (κ2) is 7.19. The van der Waals surface area contributed by atoms with Crippen molar-refractivity contribution in [2.45, 2.75) is 13.0 Å². The van der Waals surface area contributed by atoms with Crippen LogP contribution in [0.1, 0.15) is 17.3 Å². The minimum absolute atomic E-state index is 0.320. The lowest BCUT2D eigenvalue weighted by Gasteiger charge is -2.14. The Kier molecular flexibility index (Phi) is 5.28. The van der Waals surface area contributed by atoms with E-state index in [1.807, 2.05) is 0 Å². The molecule has 1 N–H and O–H groups in total. The summed E-state index contributed by atoms with van der Waals surface area (Å²) >= 11 is 5.90. The Morgan fingerprint density at radius 3 is 2.35 bits per heavy atom. The summed E-state index contributed by atoms with van der Waals surface area (Å²) in [6, 6.07) is 8.81. The molecule has 0 saturated heterocycles. The average molecular weight is 340 g/mol. The van der Waals surface area contributed by atoms with Gasteiger partial charge in [0.1, 0.15) is 11.6 Å². The summed E-state index contributed by atoms with van der Waals surface area (Å²) < 4.78 is 31.0. The number of ether oxygens (including phenoxy) is 1. The lowest BCUT2D eigenvalue weighted by Crippen LogP contribution is -2.30. The number of hydrogen-bond acceptors (Lipinski definition) is 3. The lowest BCUT2D eigenvalue weighted by molar-refractivity contribution is -0.123. The van der Waals surface area contributed by atoms with Crippen molar-refractivity contribution in [3.63, 3.8) is 0 Å². The zero-order valence-corrected chi connectivity index (χ0v) is 12.7. The monoisotopic (exact) mass is 339 g/mol. The minimum atomic E-state index is -1.18. The summed E-state index contributed by atoms with van der Waals surface area (Å²) in [5, 5.41) is 2.82. The van der Waals surface area contributed by atoms with Crippen LogP contribution in [0.4, 0.5) is 14.5 Å². The Morgan fingerprint density at radius 1 is 1.13 bits per heavy atom. The first-order valence-electron chi connectivity index (χ1n) is 6.59. The Morgan fingerprint density at radius 2 is 1.74 bits per heavy atom. The van der Waals surface area contributed by atoms with Crippen LogP contribution >= 0.6 is 11.6 Å². The molecule has 0 unspecified atom stereocenters. The van der Waals surface area contributed by atoms with E-state index in [4.69, 9.17) is 16.3 Å². The minimum Gasteiger partial charge on any atom is -0.449 e. The highest BCUT2D eigenvalue weighted by molar-refractivity contribution is 6.33. The molecule has 0 bridgehead atoms. The van der Waals surface area contributed by atoms with Gasteiger partial charge in [0.2, 0.25) is 0 Å². The first kappa shape index (κ1) is 16.9. The smallest absolute Gasteiger partial charge is 0.339 e. The topological polar surface area (TPSA) is 55.4 Å². The van der Waals surface area contributed by atoms with E-state index >= 15 is 0 Å². The van der Waals surface area contributed by atoms with Gasteiger partial charge in [-0.15, -0.1) is 0 Å². The Labute approximate surface area is 136 Å². The molecule has 0 radical (unpaired) electrons. The maximum Gasteiger partial charge on any atom is 0.339 e. The number of carbonyl (C=O) groups excluding carboxylic acids is 2. The zero-order valence-electron chi connectivity index (χ0n) is 12.0. The van der Waals surface area contributed by atoms with Crippen molar-refractivity contribution < 1.29 is 23.1 Å². The highest BCUT2D eigenvalue weighted by Gasteiger charge is 2.20. The number of para-hydroxylation sites is 1. The fourth-order valence-electron chi connectivity index (χ4n) is 1.75. The van der Waals surface area contributed by atoms with Crippen molar-refractivity contribution in [3.05, 3.63) is 64.7 Å². The van der Waals surface area contributed by atoms with Crippen LogP contribution in [0.3, 0.4) is 0 Å². The third-order valence-corrected chi connectivity index (χ3v) is 3.21. The molecule has 0 aliphatic carbocycles.